The van der Waals surface area contributed by atoms with E-state index in [1.165, 1.54) is 12.1 Å². The highest BCUT2D eigenvalue weighted by atomic mass is 32.2. The minimum atomic E-state index is -2.60. The topological polar surface area (TPSA) is 84.6 Å². The summed E-state index contributed by atoms with van der Waals surface area (Å²) in [6.07, 6.45) is 0. The van der Waals surface area contributed by atoms with E-state index in [2.05, 4.69) is 4.18 Å². The lowest BCUT2D eigenvalue weighted by Crippen LogP contribution is -2.23. The molecule has 0 aliphatic heterocycles. The second kappa shape index (κ2) is 4.71. The zero-order valence-electron chi connectivity index (χ0n) is 9.35. The van der Waals surface area contributed by atoms with Crippen LogP contribution >= 0.6 is 0 Å². The second-order valence-corrected chi connectivity index (χ2v) is 4.78. The summed E-state index contributed by atoms with van der Waals surface area (Å²) < 4.78 is 30.6. The molecule has 0 aromatic heterocycles. The van der Waals surface area contributed by atoms with Crippen molar-refractivity contribution in [3.63, 3.8) is 0 Å². The summed E-state index contributed by atoms with van der Waals surface area (Å²) in [7, 11) is 0. The van der Waals surface area contributed by atoms with Crippen LogP contribution in [0.3, 0.4) is 0 Å². The summed E-state index contributed by atoms with van der Waals surface area (Å²) in [5.41, 5.74) is 5.67. The van der Waals surface area contributed by atoms with Crippen LogP contribution in [0.5, 0.6) is 11.5 Å². The van der Waals surface area contributed by atoms with Crippen molar-refractivity contribution in [2.45, 2.75) is 26.4 Å². The Kier molecular flexibility index (Phi) is 3.77. The summed E-state index contributed by atoms with van der Waals surface area (Å²) in [6, 6.07) is 4.45. The van der Waals surface area contributed by atoms with Gasteiger partial charge in [0.15, 0.2) is 0 Å². The number of anilines is 1. The van der Waals surface area contributed by atoms with E-state index in [0.29, 0.717) is 11.4 Å². The zero-order valence-corrected chi connectivity index (χ0v) is 10.2. The van der Waals surface area contributed by atoms with Gasteiger partial charge in [-0.1, -0.05) is 0 Å². The van der Waals surface area contributed by atoms with Crippen molar-refractivity contribution in [3.8, 4) is 11.5 Å². The highest BCUT2D eigenvalue weighted by Crippen LogP contribution is 2.29. The molecule has 1 aromatic rings. The lowest BCUT2D eigenvalue weighted by atomic mass is 10.2. The van der Waals surface area contributed by atoms with E-state index in [1.54, 1.807) is 6.07 Å². The number of nitrogens with two attached hydrogens (primary N) is 1. The standard InChI is InChI=1S/C10H15NO4S/c1-10(2,3)14-9-5-4-7(6-8(9)11)15-16(12)13/h4-6H,11H2,1-3H3,(H,12,13)/p-1. The first-order chi connectivity index (χ1) is 7.28. The number of nitrogen functional groups attached to an aromatic ring is 1. The first kappa shape index (κ1) is 12.8. The molecule has 1 atom stereocenters. The van der Waals surface area contributed by atoms with Crippen molar-refractivity contribution in [1.82, 2.24) is 0 Å². The quantitative estimate of drug-likeness (QED) is 0.645. The maximum Gasteiger partial charge on any atom is 0.143 e. The van der Waals surface area contributed by atoms with Gasteiger partial charge in [-0.15, -0.1) is 0 Å². The Labute approximate surface area is 97.0 Å². The van der Waals surface area contributed by atoms with E-state index >= 15 is 0 Å². The Hall–Kier alpha value is -1.27. The van der Waals surface area contributed by atoms with Crippen LogP contribution in [0.4, 0.5) is 5.69 Å². The van der Waals surface area contributed by atoms with Gasteiger partial charge >= 0.3 is 0 Å². The monoisotopic (exact) mass is 244 g/mol. The lowest BCUT2D eigenvalue weighted by Gasteiger charge is -2.22. The molecule has 1 unspecified atom stereocenters. The van der Waals surface area contributed by atoms with Gasteiger partial charge in [0.05, 0.1) is 5.69 Å². The average molecular weight is 244 g/mol. The van der Waals surface area contributed by atoms with Crippen molar-refractivity contribution < 1.29 is 17.7 Å². The Bertz CT molecular complexity index is 400. The number of ether oxygens (including phenoxy) is 1. The van der Waals surface area contributed by atoms with Gasteiger partial charge in [0, 0.05) is 6.07 Å². The predicted molar refractivity (Wildman–Crippen MR) is 60.8 cm³/mol. The van der Waals surface area contributed by atoms with Crippen LogP contribution in [-0.4, -0.2) is 14.4 Å². The van der Waals surface area contributed by atoms with Crippen LogP contribution < -0.4 is 14.7 Å². The van der Waals surface area contributed by atoms with Gasteiger partial charge in [0.1, 0.15) is 28.5 Å². The molecule has 0 spiro atoms. The van der Waals surface area contributed by atoms with Crippen molar-refractivity contribution in [2.24, 2.45) is 0 Å². The number of rotatable bonds is 3. The van der Waals surface area contributed by atoms with E-state index in [0.717, 1.165) is 0 Å². The fraction of sp³-hybridized carbons (Fsp3) is 0.400. The van der Waals surface area contributed by atoms with Crippen molar-refractivity contribution in [1.29, 1.82) is 0 Å². The average Bonchev–Trinajstić information content (AvgIpc) is 2.06. The smallest absolute Gasteiger partial charge is 0.143 e. The lowest BCUT2D eigenvalue weighted by molar-refractivity contribution is 0.132. The van der Waals surface area contributed by atoms with Crippen LogP contribution in [0.1, 0.15) is 20.8 Å². The first-order valence-corrected chi connectivity index (χ1v) is 5.64. The van der Waals surface area contributed by atoms with E-state index in [4.69, 9.17) is 10.5 Å². The molecule has 5 nitrogen and oxygen atoms in total. The minimum absolute atomic E-state index is 0.159. The second-order valence-electron chi connectivity index (χ2n) is 4.20. The molecule has 0 bridgehead atoms. The Morgan fingerprint density at radius 2 is 2.00 bits per heavy atom. The van der Waals surface area contributed by atoms with Gasteiger partial charge in [-0.2, -0.15) is 0 Å². The maximum atomic E-state index is 10.3. The predicted octanol–water partition coefficient (Wildman–Crippen LogP) is 1.62. The summed E-state index contributed by atoms with van der Waals surface area (Å²) in [4.78, 5) is 0. The third-order valence-electron chi connectivity index (χ3n) is 1.56. The Morgan fingerprint density at radius 1 is 1.38 bits per heavy atom. The van der Waals surface area contributed by atoms with E-state index in [9.17, 15) is 8.76 Å². The molecule has 16 heavy (non-hydrogen) atoms. The fourth-order valence-electron chi connectivity index (χ4n) is 1.08. The largest absolute Gasteiger partial charge is 0.740 e. The summed E-state index contributed by atoms with van der Waals surface area (Å²) in [6.45, 7) is 5.68. The molecule has 6 heteroatoms. The van der Waals surface area contributed by atoms with Crippen LogP contribution in [-0.2, 0) is 11.4 Å². The molecule has 1 aromatic carbocycles. The van der Waals surface area contributed by atoms with E-state index in [1.807, 2.05) is 20.8 Å². The molecule has 1 rings (SSSR count). The molecule has 0 heterocycles. The van der Waals surface area contributed by atoms with Crippen molar-refractivity contribution >= 4 is 17.0 Å². The van der Waals surface area contributed by atoms with Gasteiger partial charge < -0.3 is 19.2 Å². The molecule has 0 saturated heterocycles. The Balaban J connectivity index is 2.87. The fourth-order valence-corrected chi connectivity index (χ4v) is 1.34. The van der Waals surface area contributed by atoms with Crippen molar-refractivity contribution in [2.75, 3.05) is 5.73 Å². The van der Waals surface area contributed by atoms with Gasteiger partial charge in [0.2, 0.25) is 0 Å². The zero-order chi connectivity index (χ0) is 12.3. The molecule has 0 fully saturated rings. The summed E-state index contributed by atoms with van der Waals surface area (Å²) >= 11 is -2.60. The highest BCUT2D eigenvalue weighted by Gasteiger charge is 2.14. The van der Waals surface area contributed by atoms with E-state index in [-0.39, 0.29) is 11.4 Å². The molecule has 0 aliphatic carbocycles. The number of hydrogen-bond acceptors (Lipinski definition) is 5. The van der Waals surface area contributed by atoms with E-state index < -0.39 is 11.4 Å². The number of benzene rings is 1. The SMILES string of the molecule is CC(C)(C)Oc1ccc(OS(=O)[O-])cc1N. The molecule has 0 radical (unpaired) electrons. The van der Waals surface area contributed by atoms with Crippen LogP contribution in [0.25, 0.3) is 0 Å². The number of hydrogen-bond donors (Lipinski definition) is 1. The molecule has 0 saturated carbocycles. The summed E-state index contributed by atoms with van der Waals surface area (Å²) in [5, 5.41) is 0. The van der Waals surface area contributed by atoms with Crippen LogP contribution in [0.15, 0.2) is 18.2 Å². The summed E-state index contributed by atoms with van der Waals surface area (Å²) in [5.74, 6) is 0.656. The Morgan fingerprint density at radius 3 is 2.44 bits per heavy atom. The molecule has 90 valence electrons. The van der Waals surface area contributed by atoms with Crippen LogP contribution in [0, 0.1) is 0 Å². The van der Waals surface area contributed by atoms with Gasteiger partial charge in [0.25, 0.3) is 0 Å². The van der Waals surface area contributed by atoms with Crippen molar-refractivity contribution in [3.05, 3.63) is 18.2 Å². The molecule has 0 aliphatic rings. The normalized spacial score (nSPS) is 13.2. The molecular weight excluding hydrogens is 230 g/mol. The van der Waals surface area contributed by atoms with Gasteiger partial charge in [-0.25, -0.2) is 4.21 Å². The van der Waals surface area contributed by atoms with Gasteiger partial charge in [-0.3, -0.25) is 0 Å². The van der Waals surface area contributed by atoms with Crippen LogP contribution in [0.2, 0.25) is 0 Å². The minimum Gasteiger partial charge on any atom is -0.740 e. The third kappa shape index (κ3) is 4.08. The molecule has 2 N–H and O–H groups in total. The molecular formula is C10H14NO4S-. The highest BCUT2D eigenvalue weighted by molar-refractivity contribution is 7.74. The maximum absolute atomic E-state index is 10.3. The molecule has 0 amide bonds. The first-order valence-electron chi connectivity index (χ1n) is 4.64. The van der Waals surface area contributed by atoms with Gasteiger partial charge in [-0.05, 0) is 32.9 Å². The third-order valence-corrected chi connectivity index (χ3v) is 1.89.